The molecule has 2 aromatic heterocycles. The first-order valence-corrected chi connectivity index (χ1v) is 7.05. The molecule has 2 N–H and O–H groups in total. The lowest BCUT2D eigenvalue weighted by Crippen LogP contribution is -2.02. The third-order valence-electron chi connectivity index (χ3n) is 3.22. The highest BCUT2D eigenvalue weighted by atomic mass is 35.5. The molecule has 21 heavy (non-hydrogen) atoms. The summed E-state index contributed by atoms with van der Waals surface area (Å²) in [5, 5.41) is 18.0. The fourth-order valence-electron chi connectivity index (χ4n) is 2.20. The highest BCUT2D eigenvalue weighted by molar-refractivity contribution is 6.35. The fourth-order valence-corrected chi connectivity index (χ4v) is 2.42. The van der Waals surface area contributed by atoms with Gasteiger partial charge in [-0.1, -0.05) is 11.6 Å². The van der Waals surface area contributed by atoms with Crippen LogP contribution in [0.3, 0.4) is 0 Å². The van der Waals surface area contributed by atoms with Crippen LogP contribution in [0.25, 0.3) is 10.9 Å². The number of hydrogen-bond acceptors (Lipinski definition) is 4. The van der Waals surface area contributed by atoms with Crippen LogP contribution >= 0.6 is 11.6 Å². The third-order valence-corrected chi connectivity index (χ3v) is 3.54. The fraction of sp³-hybridized carbons (Fsp3) is 0.200. The Balaban J connectivity index is 1.80. The van der Waals surface area contributed by atoms with Gasteiger partial charge in [-0.15, -0.1) is 0 Å². The SMILES string of the molecule is OCCn1cc(CNc2ccc(Cl)c3cccnc23)cn1. The predicted octanol–water partition coefficient (Wildman–Crippen LogP) is 2.69. The molecular weight excluding hydrogens is 288 g/mol. The number of fused-ring (bicyclic) bond motifs is 1. The molecule has 0 radical (unpaired) electrons. The molecular formula is C15H15ClN4O. The maximum Gasteiger partial charge on any atom is 0.0948 e. The van der Waals surface area contributed by atoms with Gasteiger partial charge in [0, 0.05) is 29.9 Å². The molecule has 0 atom stereocenters. The van der Waals surface area contributed by atoms with Crippen molar-refractivity contribution in [3.63, 3.8) is 0 Å². The summed E-state index contributed by atoms with van der Waals surface area (Å²) in [7, 11) is 0. The largest absolute Gasteiger partial charge is 0.394 e. The monoisotopic (exact) mass is 302 g/mol. The number of benzene rings is 1. The molecule has 0 aliphatic heterocycles. The van der Waals surface area contributed by atoms with Gasteiger partial charge >= 0.3 is 0 Å². The van der Waals surface area contributed by atoms with Gasteiger partial charge in [-0.25, -0.2) is 0 Å². The van der Waals surface area contributed by atoms with E-state index in [1.165, 1.54) is 0 Å². The van der Waals surface area contributed by atoms with Crippen molar-refractivity contribution in [2.45, 2.75) is 13.1 Å². The van der Waals surface area contributed by atoms with Crippen molar-refractivity contribution in [2.24, 2.45) is 0 Å². The molecule has 0 bridgehead atoms. The van der Waals surface area contributed by atoms with Gasteiger partial charge in [0.15, 0.2) is 0 Å². The van der Waals surface area contributed by atoms with Crippen molar-refractivity contribution >= 4 is 28.2 Å². The van der Waals surface area contributed by atoms with Gasteiger partial charge in [-0.3, -0.25) is 9.67 Å². The molecule has 108 valence electrons. The van der Waals surface area contributed by atoms with Crippen LogP contribution in [0.15, 0.2) is 42.9 Å². The van der Waals surface area contributed by atoms with E-state index in [2.05, 4.69) is 15.4 Å². The molecule has 0 saturated heterocycles. The first-order valence-electron chi connectivity index (χ1n) is 6.67. The third kappa shape index (κ3) is 2.99. The number of rotatable bonds is 5. The van der Waals surface area contributed by atoms with Crippen LogP contribution in [0.2, 0.25) is 5.02 Å². The predicted molar refractivity (Wildman–Crippen MR) is 83.4 cm³/mol. The smallest absolute Gasteiger partial charge is 0.0948 e. The normalized spacial score (nSPS) is 11.0. The van der Waals surface area contributed by atoms with Crippen LogP contribution in [0.5, 0.6) is 0 Å². The Labute approximate surface area is 127 Å². The Morgan fingerprint density at radius 2 is 2.19 bits per heavy atom. The van der Waals surface area contributed by atoms with Crippen molar-refractivity contribution in [1.29, 1.82) is 0 Å². The molecule has 0 amide bonds. The van der Waals surface area contributed by atoms with E-state index in [0.717, 1.165) is 22.2 Å². The van der Waals surface area contributed by atoms with Gasteiger partial charge in [0.25, 0.3) is 0 Å². The number of halogens is 1. The number of hydrogen-bond donors (Lipinski definition) is 2. The van der Waals surface area contributed by atoms with Gasteiger partial charge in [0.1, 0.15) is 0 Å². The second kappa shape index (κ2) is 6.11. The average molecular weight is 303 g/mol. The topological polar surface area (TPSA) is 63.0 Å². The Morgan fingerprint density at radius 1 is 1.29 bits per heavy atom. The summed E-state index contributed by atoms with van der Waals surface area (Å²) in [5.41, 5.74) is 2.83. The van der Waals surface area contributed by atoms with Crippen LogP contribution in [-0.2, 0) is 13.1 Å². The van der Waals surface area contributed by atoms with E-state index in [-0.39, 0.29) is 6.61 Å². The highest BCUT2D eigenvalue weighted by Crippen LogP contribution is 2.28. The van der Waals surface area contributed by atoms with Gasteiger partial charge in [0.05, 0.1) is 35.6 Å². The number of anilines is 1. The first kappa shape index (κ1) is 13.9. The number of aliphatic hydroxyl groups excluding tert-OH is 1. The lowest BCUT2D eigenvalue weighted by Gasteiger charge is -2.09. The molecule has 0 aliphatic rings. The Bertz CT molecular complexity index is 756. The van der Waals surface area contributed by atoms with E-state index in [1.807, 2.05) is 30.5 Å². The maximum absolute atomic E-state index is 8.88. The van der Waals surface area contributed by atoms with Crippen molar-refractivity contribution in [3.05, 3.63) is 53.4 Å². The summed E-state index contributed by atoms with van der Waals surface area (Å²) in [6.07, 6.45) is 5.45. The molecule has 0 fully saturated rings. The quantitative estimate of drug-likeness (QED) is 0.760. The number of pyridine rings is 1. The van der Waals surface area contributed by atoms with E-state index in [1.54, 1.807) is 17.1 Å². The van der Waals surface area contributed by atoms with E-state index in [4.69, 9.17) is 16.7 Å². The van der Waals surface area contributed by atoms with Crippen molar-refractivity contribution in [3.8, 4) is 0 Å². The van der Waals surface area contributed by atoms with E-state index < -0.39 is 0 Å². The standard InChI is InChI=1S/C15H15ClN4O/c16-13-3-4-14(15-12(13)2-1-5-17-15)18-8-11-9-19-20(10-11)6-7-21/h1-5,9-10,18,21H,6-8H2. The Morgan fingerprint density at radius 3 is 3.05 bits per heavy atom. The maximum atomic E-state index is 8.88. The minimum Gasteiger partial charge on any atom is -0.394 e. The second-order valence-electron chi connectivity index (χ2n) is 4.68. The van der Waals surface area contributed by atoms with E-state index in [9.17, 15) is 0 Å². The summed E-state index contributed by atoms with van der Waals surface area (Å²) in [5.74, 6) is 0. The van der Waals surface area contributed by atoms with Crippen molar-refractivity contribution < 1.29 is 5.11 Å². The minimum atomic E-state index is 0.0836. The summed E-state index contributed by atoms with van der Waals surface area (Å²) >= 11 is 6.18. The molecule has 2 heterocycles. The Kier molecular flexibility index (Phi) is 4.03. The zero-order valence-corrected chi connectivity index (χ0v) is 12.1. The summed E-state index contributed by atoms with van der Waals surface area (Å²) in [6.45, 7) is 1.23. The van der Waals surface area contributed by atoms with Crippen LogP contribution in [0, 0.1) is 0 Å². The number of aromatic nitrogens is 3. The molecule has 0 unspecified atom stereocenters. The lowest BCUT2D eigenvalue weighted by atomic mass is 10.2. The minimum absolute atomic E-state index is 0.0836. The molecule has 6 heteroatoms. The Hall–Kier alpha value is -2.11. The van der Waals surface area contributed by atoms with Crippen LogP contribution in [0.4, 0.5) is 5.69 Å². The lowest BCUT2D eigenvalue weighted by molar-refractivity contribution is 0.269. The molecule has 0 saturated carbocycles. The molecule has 1 aromatic carbocycles. The molecule has 5 nitrogen and oxygen atoms in total. The number of nitrogens with zero attached hydrogens (tertiary/aromatic N) is 3. The molecule has 0 spiro atoms. The molecule has 3 aromatic rings. The molecule has 3 rings (SSSR count). The highest BCUT2D eigenvalue weighted by Gasteiger charge is 2.06. The van der Waals surface area contributed by atoms with Gasteiger partial charge in [-0.2, -0.15) is 5.10 Å². The van der Waals surface area contributed by atoms with Gasteiger partial charge in [0.2, 0.25) is 0 Å². The zero-order valence-electron chi connectivity index (χ0n) is 11.3. The van der Waals surface area contributed by atoms with Gasteiger partial charge < -0.3 is 10.4 Å². The summed E-state index contributed by atoms with van der Waals surface area (Å²) in [6, 6.07) is 7.62. The van der Waals surface area contributed by atoms with E-state index in [0.29, 0.717) is 18.1 Å². The summed E-state index contributed by atoms with van der Waals surface area (Å²) < 4.78 is 1.72. The summed E-state index contributed by atoms with van der Waals surface area (Å²) in [4.78, 5) is 4.39. The number of nitrogens with one attached hydrogen (secondary N) is 1. The van der Waals surface area contributed by atoms with Crippen LogP contribution in [0.1, 0.15) is 5.56 Å². The van der Waals surface area contributed by atoms with Crippen LogP contribution < -0.4 is 5.32 Å². The first-order chi connectivity index (χ1) is 10.3. The van der Waals surface area contributed by atoms with Crippen molar-refractivity contribution in [2.75, 3.05) is 11.9 Å². The zero-order chi connectivity index (χ0) is 14.7. The van der Waals surface area contributed by atoms with E-state index >= 15 is 0 Å². The average Bonchev–Trinajstić information content (AvgIpc) is 2.95. The molecule has 0 aliphatic carbocycles. The number of aliphatic hydroxyl groups is 1. The second-order valence-corrected chi connectivity index (χ2v) is 5.09. The van der Waals surface area contributed by atoms with Gasteiger partial charge in [-0.05, 0) is 24.3 Å². The van der Waals surface area contributed by atoms with Crippen LogP contribution in [-0.4, -0.2) is 26.5 Å². The van der Waals surface area contributed by atoms with Crippen molar-refractivity contribution in [1.82, 2.24) is 14.8 Å².